The average molecular weight is 2310 g/mol. The van der Waals surface area contributed by atoms with Crippen molar-refractivity contribution in [2.75, 3.05) is 0 Å². The van der Waals surface area contributed by atoms with Gasteiger partial charge in [0.1, 0.15) is 37.5 Å². The van der Waals surface area contributed by atoms with Crippen molar-refractivity contribution in [3.63, 3.8) is 0 Å². The van der Waals surface area contributed by atoms with Gasteiger partial charge in [-0.15, -0.1) is 77.9 Å². The van der Waals surface area contributed by atoms with Gasteiger partial charge in [-0.3, -0.25) is 46.9 Å². The topological polar surface area (TPSA) is 129 Å². The molecule has 10 aromatic heterocycles. The zero-order valence-corrected chi connectivity index (χ0v) is 60.6. The monoisotopic (exact) mass is 2320 g/mol. The molecule has 0 aliphatic carbocycles. The van der Waals surface area contributed by atoms with Crippen LogP contribution in [-0.4, -0.2) is 49.8 Å². The Labute approximate surface area is 635 Å². The second-order valence-electron chi connectivity index (χ2n) is 17.2. The molecule has 97 heavy (non-hydrogen) atoms. The second kappa shape index (κ2) is 40.1. The van der Waals surface area contributed by atoms with E-state index in [4.69, 9.17) is 0 Å². The van der Waals surface area contributed by atoms with Crippen molar-refractivity contribution in [1.29, 1.82) is 0 Å². The van der Waals surface area contributed by atoms with Gasteiger partial charge >= 0.3 is 0 Å². The van der Waals surface area contributed by atoms with Crippen LogP contribution >= 0.6 is 56.7 Å². The van der Waals surface area contributed by atoms with Gasteiger partial charge in [-0.05, 0) is 57.2 Å². The normalized spacial score (nSPS) is 9.86. The molecule has 10 heterocycles. The fourth-order valence-electron chi connectivity index (χ4n) is 8.01. The van der Waals surface area contributed by atoms with E-state index in [1.54, 1.807) is 22.9 Å². The first-order valence-corrected chi connectivity index (χ1v) is 28.7. The van der Waals surface area contributed by atoms with Crippen molar-refractivity contribution in [3.05, 3.63) is 238 Å². The van der Waals surface area contributed by atoms with Gasteiger partial charge in [-0.2, -0.15) is 56.7 Å². The Morgan fingerprint density at radius 1 is 0.278 bits per heavy atom. The van der Waals surface area contributed by atoms with E-state index in [0.717, 1.165) is 67.0 Å². The minimum Gasteiger partial charge on any atom is -0.284 e. The third kappa shape index (κ3) is 20.2. The van der Waals surface area contributed by atoms with Gasteiger partial charge < -0.3 is 0 Å². The summed E-state index contributed by atoms with van der Waals surface area (Å²) in [7, 11) is 0. The van der Waals surface area contributed by atoms with Crippen LogP contribution in [0.4, 0.5) is 52.7 Å². The fourth-order valence-corrected chi connectivity index (χ4v) is 12.2. The number of benzene rings is 5. The summed E-state index contributed by atoms with van der Waals surface area (Å²) in [5.74, 6) is -11.8. The maximum absolute atomic E-state index is 13.7. The van der Waals surface area contributed by atoms with Crippen molar-refractivity contribution in [2.45, 2.75) is 37.1 Å². The van der Waals surface area contributed by atoms with Crippen LogP contribution in [-0.2, 0) is 101 Å². The van der Waals surface area contributed by atoms with E-state index in [1.165, 1.54) is 94.4 Å². The molecule has 15 rings (SSSR count). The van der Waals surface area contributed by atoms with E-state index in [2.05, 4.69) is 80.2 Å². The summed E-state index contributed by atoms with van der Waals surface area (Å²) in [5.41, 5.74) is 5.58. The first-order chi connectivity index (χ1) is 42.1. The molecule has 0 saturated carbocycles. The Morgan fingerprint density at radius 2 is 0.660 bits per heavy atom. The Hall–Kier alpha value is -6.29. The Balaban J connectivity index is 0.000000591. The summed E-state index contributed by atoms with van der Waals surface area (Å²) in [6, 6.07) is 28.3. The molecule has 0 bridgehead atoms. The molecule has 0 unspecified atom stereocenters. The summed E-state index contributed by atoms with van der Waals surface area (Å²) in [5, 5.41) is 9.08. The van der Waals surface area contributed by atoms with Crippen molar-refractivity contribution < 1.29 is 153 Å². The first kappa shape index (κ1) is 88.7. The van der Waals surface area contributed by atoms with Crippen LogP contribution in [0, 0.1) is 100 Å². The summed E-state index contributed by atoms with van der Waals surface area (Å²) < 4.78 is 162. The molecule has 15 aromatic rings. The van der Waals surface area contributed by atoms with E-state index in [1.807, 2.05) is 34.3 Å². The summed E-state index contributed by atoms with van der Waals surface area (Å²) >= 11 is 6.85. The molecular weight excluding hydrogens is 2270 g/mol. The summed E-state index contributed by atoms with van der Waals surface area (Å²) in [6.45, 7) is 0. The molecule has 0 saturated heterocycles. The number of fused-ring (bicyclic) bond motifs is 5. The number of halogens is 12. The van der Waals surface area contributed by atoms with E-state index in [9.17, 15) is 52.7 Å². The molecule has 5 aromatic carbocycles. The number of aromatic nitrogens is 10. The third-order valence-electron chi connectivity index (χ3n) is 11.8. The number of hydrogen-bond donors (Lipinski definition) is 0. The van der Waals surface area contributed by atoms with E-state index >= 15 is 0 Å². The van der Waals surface area contributed by atoms with Crippen LogP contribution in [0.5, 0.6) is 0 Å². The van der Waals surface area contributed by atoms with Crippen LogP contribution in [0.25, 0.3) is 107 Å². The van der Waals surface area contributed by atoms with Crippen LogP contribution in [0.15, 0.2) is 137 Å². The fraction of sp³-hybridized carbons (Fsp3) is 0.0769. The first-order valence-electron chi connectivity index (χ1n) is 24.3. The molecule has 0 spiro atoms. The van der Waals surface area contributed by atoms with E-state index < -0.39 is 69.8 Å². The molecule has 0 aliphatic heterocycles. The zero-order valence-electron chi connectivity index (χ0n) is 44.5. The minimum absolute atomic E-state index is 0. The van der Waals surface area contributed by atoms with Gasteiger partial charge in [-0.1, -0.05) is 66.0 Å². The molecule has 5 radical (unpaired) electrons. The number of nitrogens with zero attached hydrogens (tertiary/aromatic N) is 10. The van der Waals surface area contributed by atoms with Crippen LogP contribution in [0.2, 0.25) is 0 Å². The predicted molar refractivity (Wildman–Crippen MR) is 342 cm³/mol. The zero-order chi connectivity index (χ0) is 60.9. The molecule has 0 aliphatic rings. The van der Waals surface area contributed by atoms with Gasteiger partial charge in [0.15, 0.2) is 0 Å². The number of rotatable bonds is 5. The Kier molecular flexibility index (Phi) is 36.7. The quantitative estimate of drug-likeness (QED) is 0.0711. The molecule has 0 atom stereocenters. The predicted octanol–water partition coefficient (Wildman–Crippen LogP) is 20.6. The maximum Gasteiger partial charge on any atom is 0.111 e. The molecule has 10 nitrogen and oxygen atoms in total. The standard InChI is InChI=1S/2C12H4F3N2S.3C12H5F2N2S.5CH4.5Ir/c13-6-3-7(10(15)8(14)4-6)11-12-9(1-2-18-12)16-5-17-11;13-7-2-1-6(9(14)10(7)15)11-12-8(3-4-18-12)16-5-17-11;13-8-3-7(4-9(14)5-8)11-12-10(1-2-17-12)15-6-16-11;13-7-1-2-9(14)8(5-7)11-12-10(3-4-17-12)15-6-16-11;13-8-2-1-7(5-9(8)14)11-12-10(3-4-17-12)15-6-16-11;;;;;;;;;;/h1-2,4-5H;2-5H;1-3,5-6H;1-4,6H;2-6H;5*1H4;;;;;/q5*-1;;;;;;;;;;. The van der Waals surface area contributed by atoms with E-state index in [-0.39, 0.29) is 166 Å². The van der Waals surface area contributed by atoms with Crippen molar-refractivity contribution in [1.82, 2.24) is 49.8 Å². The van der Waals surface area contributed by atoms with Gasteiger partial charge in [-0.25, -0.2) is 55.7 Å². The summed E-state index contributed by atoms with van der Waals surface area (Å²) in [6.07, 6.45) is 6.59. The van der Waals surface area contributed by atoms with Crippen LogP contribution < -0.4 is 0 Å². The molecular formula is C65H43F12Ir5N10S5-5. The second-order valence-corrected chi connectivity index (χ2v) is 21.8. The van der Waals surface area contributed by atoms with Crippen molar-refractivity contribution in [2.24, 2.45) is 0 Å². The van der Waals surface area contributed by atoms with Gasteiger partial charge in [0.25, 0.3) is 0 Å². The molecule has 0 fully saturated rings. The molecule has 0 amide bonds. The largest absolute Gasteiger partial charge is 0.284 e. The van der Waals surface area contributed by atoms with Gasteiger partial charge in [0, 0.05) is 182 Å². The van der Waals surface area contributed by atoms with Crippen LogP contribution in [0.1, 0.15) is 37.1 Å². The van der Waals surface area contributed by atoms with Crippen molar-refractivity contribution >= 4 is 108 Å². The Bertz CT molecular complexity index is 5010. The molecule has 32 heteroatoms. The van der Waals surface area contributed by atoms with Gasteiger partial charge in [0.05, 0.1) is 62.5 Å². The smallest absolute Gasteiger partial charge is 0.111 e. The summed E-state index contributed by atoms with van der Waals surface area (Å²) in [4.78, 5) is 40.2. The van der Waals surface area contributed by atoms with E-state index in [0.29, 0.717) is 54.7 Å². The maximum atomic E-state index is 13.7. The number of thiophene rings is 5. The molecule has 517 valence electrons. The number of hydrogen-bond acceptors (Lipinski definition) is 15. The molecule has 0 N–H and O–H groups in total. The average Bonchev–Trinajstić information content (AvgIpc) is 1.81. The van der Waals surface area contributed by atoms with Gasteiger partial charge in [0.2, 0.25) is 0 Å². The third-order valence-corrected chi connectivity index (χ3v) is 16.4. The Morgan fingerprint density at radius 3 is 1.10 bits per heavy atom. The van der Waals surface area contributed by atoms with Crippen LogP contribution in [0.3, 0.4) is 0 Å². The minimum atomic E-state index is -1.52. The SMILES string of the molecule is C.C.C.C.C.Fc1[c-]c(-c2ncnc3ccsc23)c(F)c(F)c1.Fc1[c-]c(-c2ncnc3ccsc23)c(F)cc1.Fc1[c-]c(-c2ncnc3ccsc23)cc(F)c1.Fc1c[c-]c(-c2ncnc3ccsc23)c(F)c1F.Fc1c[c-]c(-c2ncnc3ccsc23)cc1F.[Ir].[Ir].[Ir].[Ir].[Ir]. The van der Waals surface area contributed by atoms with Crippen molar-refractivity contribution in [3.8, 4) is 56.3 Å².